The average molecular weight is 360 g/mol. The van der Waals surface area contributed by atoms with Gasteiger partial charge in [0, 0.05) is 6.07 Å². The van der Waals surface area contributed by atoms with Gasteiger partial charge in [-0.3, -0.25) is 4.72 Å². The zero-order valence-corrected chi connectivity index (χ0v) is 14.2. The van der Waals surface area contributed by atoms with Crippen molar-refractivity contribution < 1.29 is 22.7 Å². The van der Waals surface area contributed by atoms with Gasteiger partial charge < -0.3 is 9.47 Å². The lowest BCUT2D eigenvalue weighted by molar-refractivity contribution is -0.145. The van der Waals surface area contributed by atoms with Crippen LogP contribution in [0.1, 0.15) is 12.5 Å². The number of esters is 1. The Bertz CT molecular complexity index is 903. The van der Waals surface area contributed by atoms with Crippen LogP contribution in [0.15, 0.2) is 53.4 Å². The highest BCUT2D eigenvalue weighted by Crippen LogP contribution is 2.21. The first kappa shape index (κ1) is 18.3. The molecule has 0 atom stereocenters. The number of benzene rings is 2. The van der Waals surface area contributed by atoms with Crippen LogP contribution >= 0.6 is 0 Å². The molecule has 0 saturated carbocycles. The van der Waals surface area contributed by atoms with Crippen LogP contribution in [-0.4, -0.2) is 27.6 Å². The van der Waals surface area contributed by atoms with E-state index in [9.17, 15) is 13.2 Å². The Balaban J connectivity index is 2.13. The number of rotatable bonds is 7. The van der Waals surface area contributed by atoms with Gasteiger partial charge in [-0.25, -0.2) is 13.2 Å². The number of sulfonamides is 1. The fourth-order valence-corrected chi connectivity index (χ4v) is 3.04. The first-order valence-electron chi connectivity index (χ1n) is 7.36. The highest BCUT2D eigenvalue weighted by atomic mass is 32.2. The predicted octanol–water partition coefficient (Wildman–Crippen LogP) is 2.30. The Morgan fingerprint density at radius 1 is 1.20 bits per heavy atom. The zero-order valence-electron chi connectivity index (χ0n) is 13.4. The van der Waals surface area contributed by atoms with Crippen molar-refractivity contribution in [2.45, 2.75) is 11.8 Å². The standard InChI is InChI=1S/C17H16N2O5S/c1-2-23-17(20)12-24-15-7-4-6-14(10-15)19-25(21,22)16-8-3-5-13(9-16)11-18/h3-10,19H,2,12H2,1H3. The van der Waals surface area contributed by atoms with Crippen molar-refractivity contribution in [2.24, 2.45) is 0 Å². The van der Waals surface area contributed by atoms with E-state index in [2.05, 4.69) is 4.72 Å². The first-order chi connectivity index (χ1) is 11.9. The summed E-state index contributed by atoms with van der Waals surface area (Å²) in [6.45, 7) is 1.67. The highest BCUT2D eigenvalue weighted by Gasteiger charge is 2.15. The van der Waals surface area contributed by atoms with E-state index in [0.717, 1.165) is 0 Å². The quantitative estimate of drug-likeness (QED) is 0.760. The SMILES string of the molecule is CCOC(=O)COc1cccc(NS(=O)(=O)c2cccc(C#N)c2)c1. The molecule has 2 aromatic carbocycles. The van der Waals surface area contributed by atoms with E-state index in [0.29, 0.717) is 5.75 Å². The molecule has 0 aliphatic carbocycles. The molecule has 0 aromatic heterocycles. The Hall–Kier alpha value is -3.05. The minimum Gasteiger partial charge on any atom is -0.482 e. The van der Waals surface area contributed by atoms with E-state index in [4.69, 9.17) is 14.7 Å². The van der Waals surface area contributed by atoms with Crippen molar-refractivity contribution in [1.29, 1.82) is 5.26 Å². The number of nitrogens with zero attached hydrogens (tertiary/aromatic N) is 1. The largest absolute Gasteiger partial charge is 0.482 e. The number of carbonyl (C=O) groups excluding carboxylic acids is 1. The number of hydrogen-bond acceptors (Lipinski definition) is 6. The highest BCUT2D eigenvalue weighted by molar-refractivity contribution is 7.92. The van der Waals surface area contributed by atoms with Gasteiger partial charge in [0.1, 0.15) is 5.75 Å². The topological polar surface area (TPSA) is 105 Å². The fourth-order valence-electron chi connectivity index (χ4n) is 1.94. The van der Waals surface area contributed by atoms with Crippen molar-refractivity contribution in [3.8, 4) is 11.8 Å². The summed E-state index contributed by atoms with van der Waals surface area (Å²) in [5.74, 6) is -0.194. The number of anilines is 1. The molecule has 0 bridgehead atoms. The van der Waals surface area contributed by atoms with Gasteiger partial charge >= 0.3 is 5.97 Å². The van der Waals surface area contributed by atoms with Crippen LogP contribution in [0.5, 0.6) is 5.75 Å². The lowest BCUT2D eigenvalue weighted by Crippen LogP contribution is -2.15. The van der Waals surface area contributed by atoms with E-state index in [1.54, 1.807) is 25.1 Å². The van der Waals surface area contributed by atoms with Crippen molar-refractivity contribution >= 4 is 21.7 Å². The molecule has 1 N–H and O–H groups in total. The Kier molecular flexibility index (Phi) is 5.98. The maximum absolute atomic E-state index is 12.4. The van der Waals surface area contributed by atoms with Gasteiger partial charge in [0.2, 0.25) is 0 Å². The number of ether oxygens (including phenoxy) is 2. The molecule has 7 nitrogen and oxygen atoms in total. The average Bonchev–Trinajstić information content (AvgIpc) is 2.60. The second-order valence-electron chi connectivity index (χ2n) is 4.87. The van der Waals surface area contributed by atoms with Crippen LogP contribution in [0.4, 0.5) is 5.69 Å². The Morgan fingerprint density at radius 3 is 2.68 bits per heavy atom. The monoisotopic (exact) mass is 360 g/mol. The molecule has 0 radical (unpaired) electrons. The summed E-state index contributed by atoms with van der Waals surface area (Å²) in [5.41, 5.74) is 0.512. The van der Waals surface area contributed by atoms with Gasteiger partial charge in [0.25, 0.3) is 10.0 Å². The number of hydrogen-bond donors (Lipinski definition) is 1. The molecule has 0 fully saturated rings. The molecule has 0 aliphatic heterocycles. The molecule has 0 aliphatic rings. The number of carbonyl (C=O) groups is 1. The summed E-state index contributed by atoms with van der Waals surface area (Å²) < 4.78 is 37.2. The van der Waals surface area contributed by atoms with Crippen LogP contribution in [-0.2, 0) is 19.6 Å². The molecule has 25 heavy (non-hydrogen) atoms. The molecular weight excluding hydrogens is 344 g/mol. The Labute approximate surface area is 145 Å². The van der Waals surface area contributed by atoms with Crippen molar-refractivity contribution in [2.75, 3.05) is 17.9 Å². The van der Waals surface area contributed by atoms with Gasteiger partial charge in [0.05, 0.1) is 28.8 Å². The summed E-state index contributed by atoms with van der Waals surface area (Å²) in [6, 6.07) is 13.7. The third-order valence-corrected chi connectivity index (χ3v) is 4.40. The van der Waals surface area contributed by atoms with Crippen molar-refractivity contribution in [1.82, 2.24) is 0 Å². The van der Waals surface area contributed by atoms with Gasteiger partial charge in [-0.15, -0.1) is 0 Å². The number of nitrogens with one attached hydrogen (secondary N) is 1. The van der Waals surface area contributed by atoms with Crippen molar-refractivity contribution in [3.05, 3.63) is 54.1 Å². The lowest BCUT2D eigenvalue weighted by atomic mass is 10.2. The second-order valence-corrected chi connectivity index (χ2v) is 6.55. The van der Waals surface area contributed by atoms with Crippen LogP contribution in [0, 0.1) is 11.3 Å². The second kappa shape index (κ2) is 8.17. The molecule has 0 unspecified atom stereocenters. The van der Waals surface area contributed by atoms with E-state index in [1.807, 2.05) is 6.07 Å². The molecule has 0 heterocycles. The minimum atomic E-state index is -3.85. The molecule has 130 valence electrons. The third-order valence-electron chi connectivity index (χ3n) is 3.02. The smallest absolute Gasteiger partial charge is 0.344 e. The fraction of sp³-hybridized carbons (Fsp3) is 0.176. The molecule has 0 amide bonds. The summed E-state index contributed by atoms with van der Waals surface area (Å²) in [4.78, 5) is 11.3. The van der Waals surface area contributed by atoms with Crippen LogP contribution in [0.2, 0.25) is 0 Å². The first-order valence-corrected chi connectivity index (χ1v) is 8.84. The molecule has 2 aromatic rings. The summed E-state index contributed by atoms with van der Waals surface area (Å²) in [6.07, 6.45) is 0. The van der Waals surface area contributed by atoms with E-state index >= 15 is 0 Å². The van der Waals surface area contributed by atoms with Crippen molar-refractivity contribution in [3.63, 3.8) is 0 Å². The minimum absolute atomic E-state index is 0.0237. The third kappa shape index (κ3) is 5.22. The Morgan fingerprint density at radius 2 is 1.96 bits per heavy atom. The summed E-state index contributed by atoms with van der Waals surface area (Å²) in [5, 5.41) is 8.88. The molecule has 0 spiro atoms. The van der Waals surface area contributed by atoms with Gasteiger partial charge in [-0.05, 0) is 37.3 Å². The summed E-state index contributed by atoms with van der Waals surface area (Å²) >= 11 is 0. The normalized spacial score (nSPS) is 10.6. The van der Waals surface area contributed by atoms with Crippen LogP contribution in [0.3, 0.4) is 0 Å². The zero-order chi connectivity index (χ0) is 18.3. The van der Waals surface area contributed by atoms with Gasteiger partial charge in [-0.1, -0.05) is 12.1 Å². The molecule has 2 rings (SSSR count). The maximum Gasteiger partial charge on any atom is 0.344 e. The van der Waals surface area contributed by atoms with Gasteiger partial charge in [0.15, 0.2) is 6.61 Å². The predicted molar refractivity (Wildman–Crippen MR) is 90.5 cm³/mol. The van der Waals surface area contributed by atoms with Crippen LogP contribution < -0.4 is 9.46 Å². The maximum atomic E-state index is 12.4. The van der Waals surface area contributed by atoms with Crippen LogP contribution in [0.25, 0.3) is 0 Å². The molecule has 0 saturated heterocycles. The summed E-state index contributed by atoms with van der Waals surface area (Å²) in [7, 11) is -3.85. The van der Waals surface area contributed by atoms with Gasteiger partial charge in [-0.2, -0.15) is 5.26 Å². The molecular formula is C17H16N2O5S. The van der Waals surface area contributed by atoms with E-state index < -0.39 is 16.0 Å². The molecule has 8 heteroatoms. The van der Waals surface area contributed by atoms with E-state index in [-0.39, 0.29) is 29.4 Å². The lowest BCUT2D eigenvalue weighted by Gasteiger charge is -2.10. The number of nitriles is 1. The van der Waals surface area contributed by atoms with E-state index in [1.165, 1.54) is 30.3 Å².